The number of piperidine rings is 1. The number of para-hydroxylation sites is 1. The van der Waals surface area contributed by atoms with Crippen LogP contribution in [0.4, 0.5) is 5.82 Å². The van der Waals surface area contributed by atoms with Crippen LogP contribution in [0.1, 0.15) is 43.6 Å². The minimum Gasteiger partial charge on any atom is -0.491 e. The number of ether oxygens (including phenoxy) is 2. The van der Waals surface area contributed by atoms with Crippen molar-refractivity contribution < 1.29 is 9.47 Å². The zero-order valence-electron chi connectivity index (χ0n) is 18.9. The zero-order valence-corrected chi connectivity index (χ0v) is 19.6. The molecule has 2 aliphatic heterocycles. The van der Waals surface area contributed by atoms with E-state index < -0.39 is 0 Å². The molecule has 1 aromatic carbocycles. The Bertz CT molecular complexity index is 895. The molecular weight excluding hydrogens is 424 g/mol. The van der Waals surface area contributed by atoms with Crippen molar-refractivity contribution in [3.63, 3.8) is 0 Å². The van der Waals surface area contributed by atoms with Crippen LogP contribution in [0.3, 0.4) is 0 Å². The first-order valence-corrected chi connectivity index (χ1v) is 12.2. The summed E-state index contributed by atoms with van der Waals surface area (Å²) in [4.78, 5) is 5.10. The largest absolute Gasteiger partial charge is 0.491 e. The van der Waals surface area contributed by atoms with Crippen LogP contribution in [-0.2, 0) is 4.74 Å². The molecule has 0 radical (unpaired) electrons. The molecule has 0 amide bonds. The van der Waals surface area contributed by atoms with Gasteiger partial charge in [-0.05, 0) is 74.9 Å². The lowest BCUT2D eigenvalue weighted by atomic mass is 9.78. The fourth-order valence-electron chi connectivity index (χ4n) is 5.94. The Morgan fingerprint density at radius 1 is 1.03 bits per heavy atom. The van der Waals surface area contributed by atoms with E-state index in [0.29, 0.717) is 29.7 Å². The van der Waals surface area contributed by atoms with Crippen molar-refractivity contribution in [2.45, 2.75) is 44.1 Å². The molecule has 1 aromatic heterocycles. The van der Waals surface area contributed by atoms with Gasteiger partial charge in [-0.25, -0.2) is 0 Å². The molecule has 32 heavy (non-hydrogen) atoms. The summed E-state index contributed by atoms with van der Waals surface area (Å²) in [5.41, 5.74) is 1.83. The van der Waals surface area contributed by atoms with Crippen molar-refractivity contribution in [1.82, 2.24) is 15.1 Å². The van der Waals surface area contributed by atoms with Gasteiger partial charge in [0.15, 0.2) is 11.0 Å². The van der Waals surface area contributed by atoms with Crippen molar-refractivity contribution >= 4 is 17.4 Å². The van der Waals surface area contributed by atoms with Gasteiger partial charge in [0.1, 0.15) is 12.4 Å². The van der Waals surface area contributed by atoms with E-state index in [1.54, 1.807) is 7.11 Å². The first-order chi connectivity index (χ1) is 15.7. The molecule has 7 heteroatoms. The lowest BCUT2D eigenvalue weighted by molar-refractivity contribution is 0.129. The summed E-state index contributed by atoms with van der Waals surface area (Å²) in [6, 6.07) is 13.1. The molecule has 172 valence electrons. The number of anilines is 1. The summed E-state index contributed by atoms with van der Waals surface area (Å²) in [7, 11) is 1.71. The number of nitrogens with zero attached hydrogens (tertiary/aromatic N) is 4. The summed E-state index contributed by atoms with van der Waals surface area (Å²) in [5.74, 6) is 2.57. The molecule has 1 atom stereocenters. The van der Waals surface area contributed by atoms with Gasteiger partial charge in [-0.2, -0.15) is 0 Å². The van der Waals surface area contributed by atoms with Gasteiger partial charge in [-0.15, -0.1) is 10.2 Å². The molecule has 3 heterocycles. The molecule has 6 nitrogen and oxygen atoms in total. The fraction of sp³-hybridized carbons (Fsp3) is 0.600. The topological polar surface area (TPSA) is 50.7 Å². The summed E-state index contributed by atoms with van der Waals surface area (Å²) in [5, 5.41) is 8.70. The van der Waals surface area contributed by atoms with E-state index in [4.69, 9.17) is 21.1 Å². The number of benzene rings is 1. The molecule has 2 saturated heterocycles. The maximum atomic E-state index is 6.00. The Morgan fingerprint density at radius 3 is 2.59 bits per heavy atom. The van der Waals surface area contributed by atoms with Crippen LogP contribution < -0.4 is 9.64 Å². The molecule has 3 aliphatic rings. The highest BCUT2D eigenvalue weighted by atomic mass is 35.5. The van der Waals surface area contributed by atoms with Gasteiger partial charge in [-0.1, -0.05) is 29.8 Å². The molecule has 0 N–H and O–H groups in total. The number of aromatic nitrogens is 2. The average molecular weight is 457 g/mol. The van der Waals surface area contributed by atoms with Gasteiger partial charge in [-0.3, -0.25) is 0 Å². The number of halogens is 1. The monoisotopic (exact) mass is 456 g/mol. The Labute approximate surface area is 195 Å². The maximum Gasteiger partial charge on any atom is 0.151 e. The highest BCUT2D eigenvalue weighted by Gasteiger charge is 2.49. The van der Waals surface area contributed by atoms with Crippen LogP contribution in [0.2, 0.25) is 5.15 Å². The van der Waals surface area contributed by atoms with Gasteiger partial charge in [0, 0.05) is 31.7 Å². The lowest BCUT2D eigenvalue weighted by Gasteiger charge is -2.49. The van der Waals surface area contributed by atoms with Crippen LogP contribution in [0.5, 0.6) is 5.75 Å². The molecule has 1 saturated carbocycles. The van der Waals surface area contributed by atoms with Crippen LogP contribution in [0, 0.1) is 5.41 Å². The predicted octanol–water partition coefficient (Wildman–Crippen LogP) is 4.39. The van der Waals surface area contributed by atoms with E-state index in [0.717, 1.165) is 30.7 Å². The van der Waals surface area contributed by atoms with E-state index in [1.807, 2.05) is 12.1 Å². The second-order valence-corrected chi connectivity index (χ2v) is 10.0. The van der Waals surface area contributed by atoms with E-state index in [2.05, 4.69) is 44.3 Å². The van der Waals surface area contributed by atoms with E-state index >= 15 is 0 Å². The number of likely N-dealkylation sites (tertiary alicyclic amines) is 1. The van der Waals surface area contributed by atoms with Crippen molar-refractivity contribution in [1.29, 1.82) is 0 Å². The summed E-state index contributed by atoms with van der Waals surface area (Å²) >= 11 is 5.88. The molecule has 2 aromatic rings. The van der Waals surface area contributed by atoms with Crippen LogP contribution in [0.25, 0.3) is 0 Å². The standard InChI is InChI=1S/C25H33ClN4O2/c1-31-14-15-32-22-5-3-2-4-21(22)19-9-12-29(13-10-19)20-8-11-25(16-20)17-30(18-25)24-7-6-23(26)27-28-24/h2-7,19-20H,8-18H2,1H3/t20-/m1/s1. The van der Waals surface area contributed by atoms with Gasteiger partial charge in [0.25, 0.3) is 0 Å². The van der Waals surface area contributed by atoms with Gasteiger partial charge >= 0.3 is 0 Å². The highest BCUT2D eigenvalue weighted by molar-refractivity contribution is 6.29. The van der Waals surface area contributed by atoms with E-state index in [9.17, 15) is 0 Å². The smallest absolute Gasteiger partial charge is 0.151 e. The van der Waals surface area contributed by atoms with Crippen LogP contribution in [-0.4, -0.2) is 67.6 Å². The Morgan fingerprint density at radius 2 is 1.84 bits per heavy atom. The molecule has 3 fully saturated rings. The molecule has 5 rings (SSSR count). The van der Waals surface area contributed by atoms with Crippen molar-refractivity contribution in [2.75, 3.05) is 51.4 Å². The van der Waals surface area contributed by atoms with Crippen molar-refractivity contribution in [3.8, 4) is 5.75 Å². The van der Waals surface area contributed by atoms with Gasteiger partial charge < -0.3 is 19.3 Å². The van der Waals surface area contributed by atoms with E-state index in [-0.39, 0.29) is 0 Å². The number of hydrogen-bond acceptors (Lipinski definition) is 6. The fourth-order valence-corrected chi connectivity index (χ4v) is 6.04. The number of methoxy groups -OCH3 is 1. The lowest BCUT2D eigenvalue weighted by Crippen LogP contribution is -2.56. The van der Waals surface area contributed by atoms with Gasteiger partial charge in [0.05, 0.1) is 6.61 Å². The molecular formula is C25H33ClN4O2. The second-order valence-electron chi connectivity index (χ2n) is 9.66. The third kappa shape index (κ3) is 4.59. The van der Waals surface area contributed by atoms with Gasteiger partial charge in [0.2, 0.25) is 0 Å². The molecule has 1 aliphatic carbocycles. The first kappa shape index (κ1) is 21.9. The summed E-state index contributed by atoms with van der Waals surface area (Å²) in [6.07, 6.45) is 6.37. The van der Waals surface area contributed by atoms with Crippen molar-refractivity contribution in [2.24, 2.45) is 5.41 Å². The summed E-state index contributed by atoms with van der Waals surface area (Å²) < 4.78 is 11.1. The first-order valence-electron chi connectivity index (χ1n) is 11.8. The van der Waals surface area contributed by atoms with Crippen molar-refractivity contribution in [3.05, 3.63) is 47.1 Å². The minimum atomic E-state index is 0.456. The third-order valence-electron chi connectivity index (χ3n) is 7.62. The SMILES string of the molecule is COCCOc1ccccc1C1CCN([C@@H]2CCC3(C2)CN(c2ccc(Cl)nn2)C3)CC1. The highest BCUT2D eigenvalue weighted by Crippen LogP contribution is 2.49. The average Bonchev–Trinajstić information content (AvgIpc) is 3.26. The Balaban J connectivity index is 1.13. The zero-order chi connectivity index (χ0) is 22.0. The second kappa shape index (κ2) is 9.54. The number of hydrogen-bond donors (Lipinski definition) is 0. The maximum absolute atomic E-state index is 6.00. The quantitative estimate of drug-likeness (QED) is 0.576. The Hall–Kier alpha value is -1.89. The Kier molecular flexibility index (Phi) is 6.54. The molecule has 1 spiro atoms. The van der Waals surface area contributed by atoms with Crippen LogP contribution in [0.15, 0.2) is 36.4 Å². The minimum absolute atomic E-state index is 0.456. The molecule has 0 unspecified atom stereocenters. The third-order valence-corrected chi connectivity index (χ3v) is 7.82. The van der Waals surface area contributed by atoms with E-state index in [1.165, 1.54) is 50.8 Å². The molecule has 0 bridgehead atoms. The van der Waals surface area contributed by atoms with Crippen LogP contribution >= 0.6 is 11.6 Å². The predicted molar refractivity (Wildman–Crippen MR) is 127 cm³/mol. The number of rotatable bonds is 7. The normalized spacial score (nSPS) is 23.4. The summed E-state index contributed by atoms with van der Waals surface area (Å²) in [6.45, 7) is 5.80.